The highest BCUT2D eigenvalue weighted by atomic mass is 31.2. The Labute approximate surface area is 137 Å². The fraction of sp³-hybridized carbons (Fsp3) is 1.00. The Bertz CT molecular complexity index is 202. The molecule has 0 heterocycles. The molecule has 0 aliphatic heterocycles. The molecule has 0 aromatic heterocycles. The van der Waals surface area contributed by atoms with Gasteiger partial charge in [0.2, 0.25) is 0 Å². The summed E-state index contributed by atoms with van der Waals surface area (Å²) in [4.78, 5) is 0. The molecule has 1 heteroatoms. The van der Waals surface area contributed by atoms with E-state index in [9.17, 15) is 0 Å². The van der Waals surface area contributed by atoms with Gasteiger partial charge in [-0.25, -0.2) is 0 Å². The van der Waals surface area contributed by atoms with Gasteiger partial charge in [0.1, 0.15) is 0 Å². The first kappa shape index (κ1) is 21.4. The molecule has 0 aromatic carbocycles. The van der Waals surface area contributed by atoms with Crippen LogP contribution in [0.4, 0.5) is 0 Å². The molecular weight excluding hydrogens is 271 g/mol. The Morgan fingerprint density at radius 2 is 0.762 bits per heavy atom. The molecule has 0 fully saturated rings. The van der Waals surface area contributed by atoms with Gasteiger partial charge in [0.15, 0.2) is 0 Å². The maximum absolute atomic E-state index is 2.51. The summed E-state index contributed by atoms with van der Waals surface area (Å²) < 4.78 is 0. The highest BCUT2D eigenvalue weighted by Crippen LogP contribution is 2.60. The maximum Gasteiger partial charge on any atom is 0.0594 e. The van der Waals surface area contributed by atoms with E-state index in [4.69, 9.17) is 0 Å². The minimum Gasteiger partial charge on any atom is -0.0654 e. The van der Waals surface area contributed by atoms with Gasteiger partial charge in [0, 0.05) is 7.26 Å². The molecule has 1 atom stereocenters. The van der Waals surface area contributed by atoms with E-state index in [1.807, 2.05) is 0 Å². The van der Waals surface area contributed by atoms with Crippen molar-refractivity contribution < 1.29 is 0 Å². The monoisotopic (exact) mass is 315 g/mol. The molecule has 1 unspecified atom stereocenters. The zero-order valence-corrected chi connectivity index (χ0v) is 16.7. The Kier molecular flexibility index (Phi) is 15.6. The zero-order chi connectivity index (χ0) is 15.8. The summed E-state index contributed by atoms with van der Waals surface area (Å²) in [6.45, 7) is 9.50. The fourth-order valence-corrected chi connectivity index (χ4v) is 7.73. The van der Waals surface area contributed by atoms with Crippen LogP contribution in [-0.4, -0.2) is 24.6 Å². The smallest absolute Gasteiger partial charge is 0.0594 e. The average molecular weight is 316 g/mol. The first-order chi connectivity index (χ1) is 10.2. The van der Waals surface area contributed by atoms with Crippen molar-refractivity contribution in [1.29, 1.82) is 0 Å². The van der Waals surface area contributed by atoms with Crippen LogP contribution >= 0.6 is 7.26 Å². The van der Waals surface area contributed by atoms with Gasteiger partial charge >= 0.3 is 0 Å². The predicted molar refractivity (Wildman–Crippen MR) is 104 cm³/mol. The van der Waals surface area contributed by atoms with Gasteiger partial charge in [-0.3, -0.25) is 0 Å². The van der Waals surface area contributed by atoms with Gasteiger partial charge in [-0.15, -0.1) is 0 Å². The van der Waals surface area contributed by atoms with E-state index in [1.54, 1.807) is 18.5 Å². The van der Waals surface area contributed by atoms with Crippen LogP contribution in [0.5, 0.6) is 0 Å². The molecule has 0 spiro atoms. The van der Waals surface area contributed by atoms with Crippen LogP contribution in [0.25, 0.3) is 0 Å². The second-order valence-electron chi connectivity index (χ2n) is 7.01. The predicted octanol–water partition coefficient (Wildman–Crippen LogP) is 7.76. The number of unbranched alkanes of at least 4 members (excludes halogenated alkanes) is 9. The van der Waals surface area contributed by atoms with Crippen molar-refractivity contribution in [2.24, 2.45) is 0 Å². The third-order valence-electron chi connectivity index (χ3n) is 5.13. The third-order valence-corrected chi connectivity index (χ3v) is 10.3. The van der Waals surface area contributed by atoms with Crippen LogP contribution in [0, 0.1) is 0 Å². The van der Waals surface area contributed by atoms with Gasteiger partial charge in [-0.2, -0.15) is 0 Å². The average Bonchev–Trinajstić information content (AvgIpc) is 2.51. The van der Waals surface area contributed by atoms with E-state index < -0.39 is 7.26 Å². The highest BCUT2D eigenvalue weighted by Gasteiger charge is 2.33. The summed E-state index contributed by atoms with van der Waals surface area (Å²) in [5.41, 5.74) is 0. The zero-order valence-electron chi connectivity index (χ0n) is 15.8. The Morgan fingerprint density at radius 1 is 0.429 bits per heavy atom. The lowest BCUT2D eigenvalue weighted by Gasteiger charge is -2.27. The Hall–Kier alpha value is 0.430. The molecule has 0 aromatic rings. The molecule has 0 aliphatic rings. The lowest BCUT2D eigenvalue weighted by Crippen LogP contribution is -2.11. The van der Waals surface area contributed by atoms with Gasteiger partial charge in [-0.1, -0.05) is 65.7 Å². The van der Waals surface area contributed by atoms with Crippen molar-refractivity contribution >= 4 is 7.26 Å². The fourth-order valence-electron chi connectivity index (χ4n) is 3.43. The largest absolute Gasteiger partial charge is 0.0654 e. The molecule has 0 amide bonds. The normalized spacial score (nSPS) is 14.3. The maximum atomic E-state index is 2.51. The van der Waals surface area contributed by atoms with Crippen LogP contribution in [0.1, 0.15) is 105 Å². The first-order valence-corrected chi connectivity index (χ1v) is 12.6. The van der Waals surface area contributed by atoms with Gasteiger partial charge in [0.25, 0.3) is 0 Å². The molecule has 0 saturated heterocycles. The summed E-state index contributed by atoms with van der Waals surface area (Å²) >= 11 is 0. The number of hydrogen-bond acceptors (Lipinski definition) is 0. The van der Waals surface area contributed by atoms with Crippen LogP contribution in [0.2, 0.25) is 0 Å². The molecule has 128 valence electrons. The van der Waals surface area contributed by atoms with Gasteiger partial charge in [0.05, 0.1) is 24.6 Å². The third kappa shape index (κ3) is 11.6. The van der Waals surface area contributed by atoms with E-state index in [1.165, 1.54) is 83.2 Å². The molecule has 21 heavy (non-hydrogen) atoms. The van der Waals surface area contributed by atoms with Gasteiger partial charge in [-0.05, 0) is 39.0 Å². The summed E-state index contributed by atoms with van der Waals surface area (Å²) in [5, 5.41) is 0. The Balaban J connectivity index is 4.19. The van der Waals surface area contributed by atoms with Crippen LogP contribution in [0.3, 0.4) is 0 Å². The van der Waals surface area contributed by atoms with Crippen molar-refractivity contribution in [2.75, 3.05) is 24.6 Å². The SMILES string of the molecule is CCCCCCC[P+](CC)(CCCCC)CCCCCC. The highest BCUT2D eigenvalue weighted by molar-refractivity contribution is 7.75. The minimum atomic E-state index is -0.596. The van der Waals surface area contributed by atoms with Crippen molar-refractivity contribution in [3.05, 3.63) is 0 Å². The van der Waals surface area contributed by atoms with E-state index in [-0.39, 0.29) is 0 Å². The molecule has 0 saturated carbocycles. The summed E-state index contributed by atoms with van der Waals surface area (Å²) in [6.07, 6.45) is 23.9. The standard InChI is InChI=1S/C20H44P/c1-5-9-12-14-17-20-21(8-4,18-15-11-7-3)19-16-13-10-6-2/h5-20H2,1-4H3/q+1. The van der Waals surface area contributed by atoms with Crippen LogP contribution in [-0.2, 0) is 0 Å². The van der Waals surface area contributed by atoms with Crippen LogP contribution in [0.15, 0.2) is 0 Å². The molecule has 0 bridgehead atoms. The van der Waals surface area contributed by atoms with Crippen molar-refractivity contribution in [1.82, 2.24) is 0 Å². The number of rotatable bonds is 16. The number of hydrogen-bond donors (Lipinski definition) is 0. The Morgan fingerprint density at radius 3 is 1.19 bits per heavy atom. The van der Waals surface area contributed by atoms with Crippen molar-refractivity contribution in [2.45, 2.75) is 105 Å². The van der Waals surface area contributed by atoms with Gasteiger partial charge < -0.3 is 0 Å². The summed E-state index contributed by atoms with van der Waals surface area (Å²) in [6, 6.07) is 0. The summed E-state index contributed by atoms with van der Waals surface area (Å²) in [7, 11) is -0.596. The quantitative estimate of drug-likeness (QED) is 0.201. The van der Waals surface area contributed by atoms with Crippen LogP contribution < -0.4 is 0 Å². The van der Waals surface area contributed by atoms with E-state index >= 15 is 0 Å². The molecule has 0 nitrogen and oxygen atoms in total. The molecular formula is C20H44P+. The molecule has 0 N–H and O–H groups in total. The molecule has 0 rings (SSSR count). The summed E-state index contributed by atoms with van der Waals surface area (Å²) in [5.74, 6) is 0. The lowest BCUT2D eigenvalue weighted by molar-refractivity contribution is 0.654. The minimum absolute atomic E-state index is 0.596. The van der Waals surface area contributed by atoms with Crippen molar-refractivity contribution in [3.8, 4) is 0 Å². The topological polar surface area (TPSA) is 0 Å². The van der Waals surface area contributed by atoms with E-state index in [0.29, 0.717) is 0 Å². The van der Waals surface area contributed by atoms with E-state index in [0.717, 1.165) is 0 Å². The molecule has 0 aliphatic carbocycles. The molecule has 0 radical (unpaired) electrons. The van der Waals surface area contributed by atoms with E-state index in [2.05, 4.69) is 27.7 Å². The second kappa shape index (κ2) is 15.3. The lowest BCUT2D eigenvalue weighted by atomic mass is 10.2. The van der Waals surface area contributed by atoms with Crippen molar-refractivity contribution in [3.63, 3.8) is 0 Å². The second-order valence-corrected chi connectivity index (χ2v) is 11.7. The first-order valence-electron chi connectivity index (χ1n) is 10.1.